The highest BCUT2D eigenvalue weighted by Crippen LogP contribution is 2.33. The number of ether oxygens (including phenoxy) is 7. The Hall–Kier alpha value is -8.59. The Balaban J connectivity index is 1.02. The Morgan fingerprint density at radius 3 is 1.80 bits per heavy atom. The molecule has 0 saturated carbocycles. The molecule has 25 atom stereocenters. The lowest BCUT2D eigenvalue weighted by atomic mass is 9.92. The first-order valence-electron chi connectivity index (χ1n) is 32.0. The lowest BCUT2D eigenvalue weighted by Crippen LogP contribution is -2.70. The summed E-state index contributed by atoms with van der Waals surface area (Å²) < 4.78 is 39.6. The van der Waals surface area contributed by atoms with Gasteiger partial charge in [-0.05, 0) is 28.8 Å². The highest BCUT2D eigenvalue weighted by molar-refractivity contribution is 5.98. The fraction of sp³-hybridized carbons (Fsp3) is 0.565. The predicted octanol–water partition coefficient (Wildman–Crippen LogP) is -11.3. The minimum absolute atomic E-state index is 0.121. The zero-order valence-electron chi connectivity index (χ0n) is 53.9. The van der Waals surface area contributed by atoms with Crippen molar-refractivity contribution in [1.29, 1.82) is 0 Å². The maximum absolute atomic E-state index is 15.2. The summed E-state index contributed by atoms with van der Waals surface area (Å²) >= 11 is 0. The number of nitrogens with zero attached hydrogens (tertiary/aromatic N) is 3. The Morgan fingerprint density at radius 1 is 0.574 bits per heavy atom. The molecule has 0 aromatic heterocycles. The fourth-order valence-electron chi connectivity index (χ4n) is 12.1. The second-order valence-electron chi connectivity index (χ2n) is 24.7. The lowest BCUT2D eigenvalue weighted by Gasteiger charge is -2.46. The van der Waals surface area contributed by atoms with Gasteiger partial charge in [-0.3, -0.25) is 38.8 Å². The lowest BCUT2D eigenvalue weighted by molar-refractivity contribution is -0.352. The second-order valence-corrected chi connectivity index (χ2v) is 24.7. The van der Waals surface area contributed by atoms with Crippen LogP contribution in [0.25, 0.3) is 0 Å². The zero-order valence-corrected chi connectivity index (χ0v) is 53.9. The number of nitrogens with one attached hydrogen (secondary N) is 7. The summed E-state index contributed by atoms with van der Waals surface area (Å²) in [6.07, 6.45) is -33.9. The minimum atomic E-state index is -2.37. The van der Waals surface area contributed by atoms with E-state index in [4.69, 9.17) is 44.6 Å². The number of hydrogen-bond acceptors (Lipinski definition) is 33. The summed E-state index contributed by atoms with van der Waals surface area (Å²) in [5.74, 6) is -9.19. The molecule has 6 amide bonds. The molecule has 3 aromatic carbocycles. The van der Waals surface area contributed by atoms with E-state index in [1.165, 1.54) is 24.3 Å². The number of carbonyl (C=O) groups excluding carboxylic acids is 7. The van der Waals surface area contributed by atoms with Crippen LogP contribution in [0.15, 0.2) is 94.9 Å². The molecule has 0 spiro atoms. The first-order chi connectivity index (χ1) is 48.2. The van der Waals surface area contributed by atoms with E-state index >= 15 is 9.59 Å². The van der Waals surface area contributed by atoms with Crippen molar-refractivity contribution < 1.29 is 133 Å². The molecule has 0 bridgehead atoms. The summed E-state index contributed by atoms with van der Waals surface area (Å²) in [6, 6.07) is 9.03. The van der Waals surface area contributed by atoms with Gasteiger partial charge in [-0.1, -0.05) is 79.7 Å². The normalized spacial score (nSPS) is 34.9. The molecule has 9 rings (SSSR count). The minimum Gasteiger partial charge on any atom is -0.462 e. The molecule has 4 fully saturated rings. The van der Waals surface area contributed by atoms with Gasteiger partial charge in [-0.15, -0.1) is 0 Å². The Morgan fingerprint density at radius 2 is 1.16 bits per heavy atom. The van der Waals surface area contributed by atoms with E-state index in [-0.39, 0.29) is 30.4 Å². The first-order valence-corrected chi connectivity index (χ1v) is 32.0. The van der Waals surface area contributed by atoms with Crippen molar-refractivity contribution in [3.63, 3.8) is 0 Å². The van der Waals surface area contributed by atoms with Gasteiger partial charge in [0.1, 0.15) is 135 Å². The van der Waals surface area contributed by atoms with Crippen LogP contribution in [0.4, 0.5) is 4.79 Å². The summed E-state index contributed by atoms with van der Waals surface area (Å²) in [5.41, 5.74) is 13.4. The summed E-state index contributed by atoms with van der Waals surface area (Å²) in [7, 11) is 0. The van der Waals surface area contributed by atoms with Crippen molar-refractivity contribution in [2.75, 3.05) is 46.1 Å². The number of rotatable bonds is 20. The number of aliphatic hydroxyl groups excluding tert-OH is 13. The number of aliphatic hydroxyl groups is 13. The van der Waals surface area contributed by atoms with E-state index < -0.39 is 246 Å². The van der Waals surface area contributed by atoms with E-state index in [0.717, 1.165) is 4.90 Å². The molecule has 39 heteroatoms. The smallest absolute Gasteiger partial charge is 0.462 e. The molecule has 24 N–H and O–H groups in total. The number of amides is 6. The largest absolute Gasteiger partial charge is 0.508 e. The molecule has 39 nitrogen and oxygen atoms in total. The SMILES string of the molecule is CC(c1ccccc1)C1NC(=O)CNC(=O)C(CO)NC(=O)C(C(O)C2CN=C(N)N2C2OC(CO)C(O)C(O)C2O)NC(=O)C(C(O)C2CN=C(N)N2)NC(=O)C(Cc2ccc(OC3OC(COC(=O)OCc4ccccc4)C(OC4OC(CO)C(O)C(O)C4O)C(O)C3O)cc2)NC1=O. The van der Waals surface area contributed by atoms with Crippen molar-refractivity contribution >= 4 is 53.5 Å². The van der Waals surface area contributed by atoms with Gasteiger partial charge in [0.2, 0.25) is 41.7 Å². The van der Waals surface area contributed by atoms with E-state index in [9.17, 15) is 90.4 Å². The van der Waals surface area contributed by atoms with Crippen molar-refractivity contribution in [1.82, 2.24) is 42.1 Å². The highest BCUT2D eigenvalue weighted by Gasteiger charge is 2.54. The summed E-state index contributed by atoms with van der Waals surface area (Å²) in [5, 5.41) is 159. The third kappa shape index (κ3) is 18.2. The fourth-order valence-corrected chi connectivity index (χ4v) is 12.1. The molecule has 554 valence electrons. The molecule has 0 radical (unpaired) electrons. The standard InChI is InChI=1S/C62H84N12O27/c1-25(28-10-6-3-7-11-28)38-54(91)68-30(16-26-12-14-29(15-13-26)97-58-50(88)47(85)51(101-59-49(87)46(84)44(82)35(22-77)99-59)36(100-58)24-96-62(94)95-23-27-8-4-2-5-9-27)53(90)72-39(41(79)31-17-66-60(63)70-31)56(93)73-40(55(92)69-32(20-75)52(89)65-19-37(78)71-38)42(80)33-18-67-61(64)74(33)57-48(86)45(83)43(81)34(21-76)98-57/h2-15,25,30-36,38-51,57-59,75-77,79-88H,16-24H2,1H3,(H2,64,67)(H,65,89)(H,68,91)(H,69,92)(H,71,78)(H,72,90)(H,73,93)(H3,63,66,70). The van der Waals surface area contributed by atoms with Crippen LogP contribution in [-0.4, -0.2) is 317 Å². The van der Waals surface area contributed by atoms with Gasteiger partial charge in [0.05, 0.1) is 51.5 Å². The van der Waals surface area contributed by atoms with Crippen LogP contribution < -0.4 is 53.4 Å². The monoisotopic (exact) mass is 1430 g/mol. The number of guanidine groups is 2. The number of benzene rings is 3. The maximum atomic E-state index is 15.2. The number of aliphatic imine (C=N–C) groups is 2. The van der Waals surface area contributed by atoms with E-state index in [1.807, 2.05) is 0 Å². The van der Waals surface area contributed by atoms with Gasteiger partial charge in [0.15, 0.2) is 24.4 Å². The van der Waals surface area contributed by atoms with Gasteiger partial charge < -0.3 is 153 Å². The molecule has 4 saturated heterocycles. The Labute approximate surface area is 574 Å². The van der Waals surface area contributed by atoms with E-state index in [1.54, 1.807) is 67.6 Å². The molecular weight excluding hydrogens is 1340 g/mol. The predicted molar refractivity (Wildman–Crippen MR) is 339 cm³/mol. The van der Waals surface area contributed by atoms with Crippen molar-refractivity contribution in [3.05, 3.63) is 102 Å². The molecule has 0 aliphatic carbocycles. The van der Waals surface area contributed by atoms with Crippen LogP contribution in [0.1, 0.15) is 29.5 Å². The first kappa shape index (κ1) is 76.6. The van der Waals surface area contributed by atoms with Crippen LogP contribution in [0.5, 0.6) is 5.75 Å². The number of nitrogens with two attached hydrogens (primary N) is 2. The van der Waals surface area contributed by atoms with Gasteiger partial charge in [-0.25, -0.2) is 4.79 Å². The van der Waals surface area contributed by atoms with Crippen LogP contribution in [0, 0.1) is 0 Å². The number of hydrogen-bond donors (Lipinski definition) is 22. The topological polar surface area (TPSA) is 611 Å². The quantitative estimate of drug-likeness (QED) is 0.0467. The Kier molecular flexibility index (Phi) is 26.1. The maximum Gasteiger partial charge on any atom is 0.508 e. The van der Waals surface area contributed by atoms with Gasteiger partial charge in [-0.2, -0.15) is 0 Å². The average Bonchev–Trinajstić information content (AvgIpc) is 1.75. The van der Waals surface area contributed by atoms with E-state index in [2.05, 4.69) is 47.2 Å². The van der Waals surface area contributed by atoms with Crippen LogP contribution in [0.2, 0.25) is 0 Å². The molecule has 101 heavy (non-hydrogen) atoms. The molecule has 6 aliphatic heterocycles. The highest BCUT2D eigenvalue weighted by atomic mass is 16.8. The molecular formula is C62H84N12O27. The van der Waals surface area contributed by atoms with Crippen LogP contribution in [0.3, 0.4) is 0 Å². The van der Waals surface area contributed by atoms with Crippen LogP contribution in [-0.2, 0) is 70.2 Å². The third-order valence-corrected chi connectivity index (χ3v) is 17.9. The van der Waals surface area contributed by atoms with Gasteiger partial charge >= 0.3 is 6.16 Å². The number of carbonyl (C=O) groups is 7. The molecule has 25 unspecified atom stereocenters. The summed E-state index contributed by atoms with van der Waals surface area (Å²) in [6.45, 7) is -4.23. The van der Waals surface area contributed by atoms with Crippen molar-refractivity contribution in [2.24, 2.45) is 21.5 Å². The summed E-state index contributed by atoms with van der Waals surface area (Å²) in [4.78, 5) is 110. The molecule has 6 aliphatic rings. The van der Waals surface area contributed by atoms with Gasteiger partial charge in [0.25, 0.3) is 0 Å². The van der Waals surface area contributed by atoms with Gasteiger partial charge in [0, 0.05) is 12.3 Å². The zero-order chi connectivity index (χ0) is 73.1. The van der Waals surface area contributed by atoms with Crippen LogP contribution >= 0.6 is 0 Å². The molecule has 6 heterocycles. The van der Waals surface area contributed by atoms with E-state index in [0.29, 0.717) is 11.1 Å². The van der Waals surface area contributed by atoms with Crippen molar-refractivity contribution in [3.8, 4) is 5.75 Å². The van der Waals surface area contributed by atoms with Crippen molar-refractivity contribution in [2.45, 2.75) is 172 Å². The third-order valence-electron chi connectivity index (χ3n) is 17.9. The molecule has 3 aromatic rings. The second kappa shape index (κ2) is 34.4. The Bertz CT molecular complexity index is 3390. The average molecular weight is 1430 g/mol.